The number of fused-ring (bicyclic) bond motifs is 1. The highest BCUT2D eigenvalue weighted by Gasteiger charge is 2.25. The van der Waals surface area contributed by atoms with E-state index in [4.69, 9.17) is 5.73 Å². The summed E-state index contributed by atoms with van der Waals surface area (Å²) in [5.41, 5.74) is 5.96. The van der Waals surface area contributed by atoms with Crippen molar-refractivity contribution in [2.75, 3.05) is 23.7 Å². The number of nitrogens with two attached hydrogens (primary N) is 1. The number of anilines is 2. The van der Waals surface area contributed by atoms with E-state index in [1.165, 1.54) is 0 Å². The largest absolute Gasteiger partial charge is 0.369 e. The van der Waals surface area contributed by atoms with E-state index in [2.05, 4.69) is 30.6 Å². The summed E-state index contributed by atoms with van der Waals surface area (Å²) in [5.74, 6) is 0.719. The van der Waals surface area contributed by atoms with Gasteiger partial charge < -0.3 is 21.4 Å². The van der Waals surface area contributed by atoms with Crippen molar-refractivity contribution < 1.29 is 4.79 Å². The van der Waals surface area contributed by atoms with Gasteiger partial charge in [-0.1, -0.05) is 0 Å². The maximum absolute atomic E-state index is 11.3. The van der Waals surface area contributed by atoms with E-state index in [9.17, 15) is 4.79 Å². The van der Waals surface area contributed by atoms with E-state index in [1.807, 2.05) is 6.92 Å². The van der Waals surface area contributed by atoms with Crippen LogP contribution in [0.25, 0.3) is 11.2 Å². The second kappa shape index (κ2) is 5.32. The zero-order valence-electron chi connectivity index (χ0n) is 11.8. The van der Waals surface area contributed by atoms with E-state index in [0.717, 1.165) is 0 Å². The van der Waals surface area contributed by atoms with Crippen molar-refractivity contribution in [1.82, 2.24) is 19.9 Å². The molecule has 8 heteroatoms. The summed E-state index contributed by atoms with van der Waals surface area (Å²) in [6, 6.07) is 0. The molecular formula is C12H19N7O. The average molecular weight is 277 g/mol. The van der Waals surface area contributed by atoms with Crippen LogP contribution in [0.3, 0.4) is 0 Å². The standard InChI is InChI=1S/C12H19N7O/c1-4-14-11-18-8(7-9(19-11)17-6-16-7)15-5-12(2,3)10(13)20/h6H,4-5H2,1-3H3,(H2,13,20)(H3,14,15,16,17,18,19). The van der Waals surface area contributed by atoms with Gasteiger partial charge in [-0.3, -0.25) is 4.79 Å². The first kappa shape index (κ1) is 14.0. The van der Waals surface area contributed by atoms with Crippen molar-refractivity contribution in [3.63, 3.8) is 0 Å². The van der Waals surface area contributed by atoms with E-state index in [1.54, 1.807) is 20.2 Å². The molecule has 0 fully saturated rings. The summed E-state index contributed by atoms with van der Waals surface area (Å²) in [6.45, 7) is 6.60. The van der Waals surface area contributed by atoms with Crippen molar-refractivity contribution in [2.45, 2.75) is 20.8 Å². The Balaban J connectivity index is 2.28. The molecule has 0 spiro atoms. The van der Waals surface area contributed by atoms with Crippen molar-refractivity contribution >= 4 is 28.8 Å². The first-order chi connectivity index (χ1) is 9.44. The number of nitrogens with zero attached hydrogens (tertiary/aromatic N) is 3. The number of aromatic amines is 1. The maximum atomic E-state index is 11.3. The summed E-state index contributed by atoms with van der Waals surface area (Å²) in [6.07, 6.45) is 1.56. The van der Waals surface area contributed by atoms with Crippen LogP contribution in [0.15, 0.2) is 6.33 Å². The molecule has 108 valence electrons. The predicted molar refractivity (Wildman–Crippen MR) is 77.3 cm³/mol. The quantitative estimate of drug-likeness (QED) is 0.617. The van der Waals surface area contributed by atoms with Crippen LogP contribution >= 0.6 is 0 Å². The molecule has 0 atom stereocenters. The molecule has 0 aliphatic rings. The van der Waals surface area contributed by atoms with Gasteiger partial charge >= 0.3 is 0 Å². The van der Waals surface area contributed by atoms with Crippen molar-refractivity contribution in [1.29, 1.82) is 0 Å². The topological polar surface area (TPSA) is 122 Å². The number of carbonyl (C=O) groups excluding carboxylic acids is 1. The zero-order valence-corrected chi connectivity index (χ0v) is 11.8. The fraction of sp³-hybridized carbons (Fsp3) is 0.500. The third-order valence-corrected chi connectivity index (χ3v) is 2.99. The molecule has 0 aliphatic carbocycles. The van der Waals surface area contributed by atoms with Gasteiger partial charge in [0.05, 0.1) is 11.7 Å². The molecule has 0 bridgehead atoms. The molecule has 2 heterocycles. The highest BCUT2D eigenvalue weighted by Crippen LogP contribution is 2.21. The Morgan fingerprint density at radius 2 is 2.15 bits per heavy atom. The fourth-order valence-corrected chi connectivity index (χ4v) is 1.59. The molecular weight excluding hydrogens is 258 g/mol. The van der Waals surface area contributed by atoms with E-state index >= 15 is 0 Å². The second-order valence-electron chi connectivity index (χ2n) is 5.13. The Labute approximate surface area is 116 Å². The van der Waals surface area contributed by atoms with Crippen LogP contribution < -0.4 is 16.4 Å². The number of carbonyl (C=O) groups is 1. The predicted octanol–water partition coefficient (Wildman–Crippen LogP) is 0.708. The number of imidazole rings is 1. The SMILES string of the molecule is CCNc1nc(NCC(C)(C)C(N)=O)c2[nH]cnc2n1. The van der Waals surface area contributed by atoms with Gasteiger partial charge in [0.1, 0.15) is 5.52 Å². The van der Waals surface area contributed by atoms with E-state index < -0.39 is 5.41 Å². The average Bonchev–Trinajstić information content (AvgIpc) is 2.84. The molecule has 0 saturated heterocycles. The van der Waals surface area contributed by atoms with Crippen LogP contribution in [-0.2, 0) is 4.79 Å². The molecule has 2 aromatic rings. The summed E-state index contributed by atoms with van der Waals surface area (Å²) in [5, 5.41) is 6.17. The molecule has 20 heavy (non-hydrogen) atoms. The Hall–Kier alpha value is -2.38. The van der Waals surface area contributed by atoms with Gasteiger partial charge in [0.2, 0.25) is 11.9 Å². The minimum absolute atomic E-state index is 0.369. The minimum atomic E-state index is -0.671. The highest BCUT2D eigenvalue weighted by atomic mass is 16.1. The molecule has 0 aromatic carbocycles. The van der Waals surface area contributed by atoms with Gasteiger partial charge in [-0.25, -0.2) is 4.98 Å². The Morgan fingerprint density at radius 3 is 2.80 bits per heavy atom. The summed E-state index contributed by atoms with van der Waals surface area (Å²) in [7, 11) is 0. The molecule has 0 radical (unpaired) electrons. The summed E-state index contributed by atoms with van der Waals surface area (Å²) in [4.78, 5) is 27.1. The number of H-pyrrole nitrogens is 1. The lowest BCUT2D eigenvalue weighted by molar-refractivity contribution is -0.125. The molecule has 5 N–H and O–H groups in total. The maximum Gasteiger partial charge on any atom is 0.226 e. The lowest BCUT2D eigenvalue weighted by atomic mass is 9.93. The third kappa shape index (κ3) is 2.79. The first-order valence-corrected chi connectivity index (χ1v) is 6.43. The fourth-order valence-electron chi connectivity index (χ4n) is 1.59. The number of nitrogens with one attached hydrogen (secondary N) is 3. The van der Waals surface area contributed by atoms with Gasteiger partial charge in [-0.15, -0.1) is 0 Å². The second-order valence-corrected chi connectivity index (χ2v) is 5.13. The molecule has 2 rings (SSSR count). The normalized spacial score (nSPS) is 11.6. The van der Waals surface area contributed by atoms with Crippen molar-refractivity contribution in [3.8, 4) is 0 Å². The van der Waals surface area contributed by atoms with E-state index in [-0.39, 0.29) is 5.91 Å². The van der Waals surface area contributed by atoms with E-state index in [0.29, 0.717) is 36.0 Å². The number of aromatic nitrogens is 4. The minimum Gasteiger partial charge on any atom is -0.369 e. The van der Waals surface area contributed by atoms with Crippen molar-refractivity contribution in [3.05, 3.63) is 6.33 Å². The Bertz CT molecular complexity index is 619. The van der Waals surface area contributed by atoms with Crippen LogP contribution in [0.5, 0.6) is 0 Å². The third-order valence-electron chi connectivity index (χ3n) is 2.99. The van der Waals surface area contributed by atoms with Gasteiger partial charge in [-0.2, -0.15) is 9.97 Å². The number of hydrogen-bond donors (Lipinski definition) is 4. The number of primary amides is 1. The molecule has 8 nitrogen and oxygen atoms in total. The molecule has 2 aromatic heterocycles. The summed E-state index contributed by atoms with van der Waals surface area (Å²) >= 11 is 0. The smallest absolute Gasteiger partial charge is 0.226 e. The Morgan fingerprint density at radius 1 is 1.40 bits per heavy atom. The van der Waals surface area contributed by atoms with Crippen LogP contribution in [-0.4, -0.2) is 38.9 Å². The molecule has 0 saturated carbocycles. The molecule has 1 amide bonds. The Kier molecular flexibility index (Phi) is 3.73. The monoisotopic (exact) mass is 277 g/mol. The van der Waals surface area contributed by atoms with Crippen LogP contribution in [0.4, 0.5) is 11.8 Å². The van der Waals surface area contributed by atoms with Gasteiger partial charge in [-0.05, 0) is 20.8 Å². The summed E-state index contributed by atoms with van der Waals surface area (Å²) < 4.78 is 0. The number of rotatable bonds is 6. The highest BCUT2D eigenvalue weighted by molar-refractivity contribution is 5.85. The van der Waals surface area contributed by atoms with Crippen LogP contribution in [0.1, 0.15) is 20.8 Å². The molecule has 0 unspecified atom stereocenters. The lowest BCUT2D eigenvalue weighted by Crippen LogP contribution is -2.37. The first-order valence-electron chi connectivity index (χ1n) is 6.43. The number of hydrogen-bond acceptors (Lipinski definition) is 6. The zero-order chi connectivity index (χ0) is 14.8. The van der Waals surface area contributed by atoms with Crippen LogP contribution in [0, 0.1) is 5.41 Å². The van der Waals surface area contributed by atoms with Crippen LogP contribution in [0.2, 0.25) is 0 Å². The van der Waals surface area contributed by atoms with Gasteiger partial charge in [0.25, 0.3) is 0 Å². The van der Waals surface area contributed by atoms with Gasteiger partial charge in [0.15, 0.2) is 11.5 Å². The molecule has 0 aliphatic heterocycles. The number of amides is 1. The van der Waals surface area contributed by atoms with Gasteiger partial charge in [0, 0.05) is 13.1 Å². The lowest BCUT2D eigenvalue weighted by Gasteiger charge is -2.21. The van der Waals surface area contributed by atoms with Crippen molar-refractivity contribution in [2.24, 2.45) is 11.1 Å².